The second-order valence-electron chi connectivity index (χ2n) is 6.43. The number of halogens is 2. The van der Waals surface area contributed by atoms with E-state index in [1.165, 1.54) is 6.07 Å². The van der Waals surface area contributed by atoms with Crippen LogP contribution >= 0.6 is 0 Å². The molecule has 1 aliphatic rings. The fourth-order valence-electron chi connectivity index (χ4n) is 3.02. The molecule has 1 fully saturated rings. The van der Waals surface area contributed by atoms with E-state index < -0.39 is 23.4 Å². The van der Waals surface area contributed by atoms with Crippen molar-refractivity contribution >= 4 is 23.2 Å². The summed E-state index contributed by atoms with van der Waals surface area (Å²) in [5.74, 6) is -3.54. The third-order valence-electron chi connectivity index (χ3n) is 4.56. The lowest BCUT2D eigenvalue weighted by molar-refractivity contribution is -0.136. The van der Waals surface area contributed by atoms with Crippen LogP contribution in [0.1, 0.15) is 12.8 Å². The molecule has 0 atom stereocenters. The number of aromatic nitrogens is 1. The number of piperidine rings is 1. The molecule has 0 aliphatic carbocycles. The Hall–Kier alpha value is -3.03. The first-order valence-corrected chi connectivity index (χ1v) is 8.72. The predicted octanol–water partition coefficient (Wildman–Crippen LogP) is 2.33. The lowest BCUT2D eigenvalue weighted by Gasteiger charge is -2.33. The average Bonchev–Trinajstić information content (AvgIpc) is 2.70. The highest BCUT2D eigenvalue weighted by Gasteiger charge is 2.21. The van der Waals surface area contributed by atoms with Gasteiger partial charge in [-0.3, -0.25) is 14.6 Å². The number of carbonyl (C=O) groups excluding carboxylic acids is 2. The van der Waals surface area contributed by atoms with Gasteiger partial charge >= 0.3 is 11.8 Å². The summed E-state index contributed by atoms with van der Waals surface area (Å²) in [5, 5.41) is 4.86. The van der Waals surface area contributed by atoms with E-state index >= 15 is 0 Å². The highest BCUT2D eigenvalue weighted by atomic mass is 19.2. The summed E-state index contributed by atoms with van der Waals surface area (Å²) in [4.78, 5) is 30.1. The molecular weight excluding hydrogens is 354 g/mol. The van der Waals surface area contributed by atoms with E-state index in [-0.39, 0.29) is 11.6 Å². The number of rotatable bonds is 4. The van der Waals surface area contributed by atoms with Crippen LogP contribution in [0.25, 0.3) is 0 Å². The second kappa shape index (κ2) is 8.57. The number of amides is 2. The molecule has 1 aliphatic heterocycles. The molecule has 8 heteroatoms. The van der Waals surface area contributed by atoms with Crippen LogP contribution in [-0.4, -0.2) is 36.4 Å². The zero-order valence-electron chi connectivity index (χ0n) is 14.6. The van der Waals surface area contributed by atoms with Crippen LogP contribution in [-0.2, 0) is 9.59 Å². The van der Waals surface area contributed by atoms with Gasteiger partial charge in [-0.15, -0.1) is 0 Å². The van der Waals surface area contributed by atoms with Gasteiger partial charge in [0.25, 0.3) is 0 Å². The lowest BCUT2D eigenvalue weighted by atomic mass is 9.96. The highest BCUT2D eigenvalue weighted by molar-refractivity contribution is 6.39. The van der Waals surface area contributed by atoms with Gasteiger partial charge in [0, 0.05) is 37.6 Å². The van der Waals surface area contributed by atoms with E-state index in [2.05, 4.69) is 20.5 Å². The highest BCUT2D eigenvalue weighted by Crippen LogP contribution is 2.22. The maximum Gasteiger partial charge on any atom is 0.313 e. The molecule has 0 radical (unpaired) electrons. The quantitative estimate of drug-likeness (QED) is 0.806. The summed E-state index contributed by atoms with van der Waals surface area (Å²) >= 11 is 0. The zero-order chi connectivity index (χ0) is 19.2. The molecule has 2 amide bonds. The van der Waals surface area contributed by atoms with Crippen molar-refractivity contribution in [3.8, 4) is 0 Å². The van der Waals surface area contributed by atoms with E-state index in [1.807, 2.05) is 18.3 Å². The minimum absolute atomic E-state index is 0.0267. The Kier molecular flexibility index (Phi) is 5.95. The molecule has 1 saturated heterocycles. The van der Waals surface area contributed by atoms with Crippen LogP contribution in [0.3, 0.4) is 0 Å². The van der Waals surface area contributed by atoms with E-state index in [4.69, 9.17) is 0 Å². The smallest absolute Gasteiger partial charge is 0.313 e. The summed E-state index contributed by atoms with van der Waals surface area (Å²) in [6.07, 6.45) is 5.34. The zero-order valence-corrected chi connectivity index (χ0v) is 14.6. The summed E-state index contributed by atoms with van der Waals surface area (Å²) < 4.78 is 26.0. The topological polar surface area (TPSA) is 74.3 Å². The van der Waals surface area contributed by atoms with Gasteiger partial charge in [0.15, 0.2) is 11.6 Å². The minimum Gasteiger partial charge on any atom is -0.370 e. The Morgan fingerprint density at radius 1 is 1.11 bits per heavy atom. The van der Waals surface area contributed by atoms with Crippen LogP contribution in [0.2, 0.25) is 0 Å². The van der Waals surface area contributed by atoms with E-state index in [9.17, 15) is 18.4 Å². The summed E-state index contributed by atoms with van der Waals surface area (Å²) in [6, 6.07) is 6.82. The molecule has 2 N–H and O–H groups in total. The number of nitrogens with one attached hydrogen (secondary N) is 2. The van der Waals surface area contributed by atoms with Crippen molar-refractivity contribution < 1.29 is 18.4 Å². The van der Waals surface area contributed by atoms with Crippen molar-refractivity contribution in [3.05, 3.63) is 54.4 Å². The lowest BCUT2D eigenvalue weighted by Crippen LogP contribution is -2.41. The first-order chi connectivity index (χ1) is 13.0. The number of pyridine rings is 1. The molecule has 6 nitrogen and oxygen atoms in total. The molecule has 142 valence electrons. The number of nitrogens with zero attached hydrogens (tertiary/aromatic N) is 2. The third-order valence-corrected chi connectivity index (χ3v) is 4.56. The first-order valence-electron chi connectivity index (χ1n) is 8.72. The molecule has 27 heavy (non-hydrogen) atoms. The van der Waals surface area contributed by atoms with E-state index in [0.29, 0.717) is 6.54 Å². The number of anilines is 2. The predicted molar refractivity (Wildman–Crippen MR) is 97.2 cm³/mol. The van der Waals surface area contributed by atoms with Gasteiger partial charge in [-0.05, 0) is 43.0 Å². The van der Waals surface area contributed by atoms with Gasteiger partial charge in [-0.1, -0.05) is 0 Å². The fourth-order valence-corrected chi connectivity index (χ4v) is 3.02. The minimum atomic E-state index is -1.09. The molecule has 0 unspecified atom stereocenters. The van der Waals surface area contributed by atoms with Crippen LogP contribution in [0.4, 0.5) is 20.2 Å². The van der Waals surface area contributed by atoms with E-state index in [1.54, 1.807) is 6.20 Å². The summed E-state index contributed by atoms with van der Waals surface area (Å²) in [5.41, 5.74) is 1.10. The number of benzene rings is 1. The Morgan fingerprint density at radius 2 is 1.89 bits per heavy atom. The summed E-state index contributed by atoms with van der Waals surface area (Å²) in [7, 11) is 0. The van der Waals surface area contributed by atoms with Gasteiger partial charge in [-0.25, -0.2) is 8.78 Å². The van der Waals surface area contributed by atoms with Crippen molar-refractivity contribution in [2.24, 2.45) is 5.92 Å². The van der Waals surface area contributed by atoms with Crippen molar-refractivity contribution in [1.29, 1.82) is 0 Å². The maximum atomic E-state index is 13.1. The molecule has 1 aromatic carbocycles. The Balaban J connectivity index is 1.42. The monoisotopic (exact) mass is 374 g/mol. The van der Waals surface area contributed by atoms with Crippen LogP contribution in [0, 0.1) is 17.6 Å². The standard InChI is InChI=1S/C19H20F2N4O2/c20-16-4-3-14(10-17(16)21)24-19(27)18(26)23-11-13-5-8-25(9-6-13)15-2-1-7-22-12-15/h1-4,7,10,12-13H,5-6,8-9,11H2,(H,23,26)(H,24,27). The normalized spacial score (nSPS) is 14.7. The number of hydrogen-bond donors (Lipinski definition) is 2. The van der Waals surface area contributed by atoms with E-state index in [0.717, 1.165) is 43.8 Å². The SMILES string of the molecule is O=C(NCC1CCN(c2cccnc2)CC1)C(=O)Nc1ccc(F)c(F)c1. The van der Waals surface area contributed by atoms with Gasteiger partial charge in [-0.2, -0.15) is 0 Å². The van der Waals surface area contributed by atoms with Crippen LogP contribution in [0.15, 0.2) is 42.7 Å². The van der Waals surface area contributed by atoms with Crippen molar-refractivity contribution in [3.63, 3.8) is 0 Å². The Morgan fingerprint density at radius 3 is 2.56 bits per heavy atom. The summed E-state index contributed by atoms with van der Waals surface area (Å²) in [6.45, 7) is 2.10. The maximum absolute atomic E-state index is 13.1. The van der Waals surface area contributed by atoms with Gasteiger partial charge < -0.3 is 15.5 Å². The molecule has 2 aromatic rings. The third kappa shape index (κ3) is 4.99. The van der Waals surface area contributed by atoms with Gasteiger partial charge in [0.2, 0.25) is 0 Å². The van der Waals surface area contributed by atoms with Gasteiger partial charge in [0.1, 0.15) is 0 Å². The molecular formula is C19H20F2N4O2. The first kappa shape index (κ1) is 18.8. The van der Waals surface area contributed by atoms with Crippen LogP contribution < -0.4 is 15.5 Å². The van der Waals surface area contributed by atoms with Crippen molar-refractivity contribution in [1.82, 2.24) is 10.3 Å². The molecule has 1 aromatic heterocycles. The largest absolute Gasteiger partial charge is 0.370 e. The molecule has 2 heterocycles. The van der Waals surface area contributed by atoms with Gasteiger partial charge in [0.05, 0.1) is 11.9 Å². The number of hydrogen-bond acceptors (Lipinski definition) is 4. The number of carbonyl (C=O) groups is 2. The molecule has 3 rings (SSSR count). The second-order valence-corrected chi connectivity index (χ2v) is 6.43. The fraction of sp³-hybridized carbons (Fsp3) is 0.316. The van der Waals surface area contributed by atoms with Crippen molar-refractivity contribution in [2.45, 2.75) is 12.8 Å². The molecule has 0 bridgehead atoms. The molecule has 0 spiro atoms. The average molecular weight is 374 g/mol. The van der Waals surface area contributed by atoms with Crippen LogP contribution in [0.5, 0.6) is 0 Å². The molecule has 0 saturated carbocycles. The Bertz CT molecular complexity index is 809. The van der Waals surface area contributed by atoms with Crippen molar-refractivity contribution in [2.75, 3.05) is 29.9 Å². The Labute approximate surface area is 155 Å².